The molecule has 1 nitrogen and oxygen atoms in total. The van der Waals surface area contributed by atoms with E-state index in [1.807, 2.05) is 0 Å². The van der Waals surface area contributed by atoms with Crippen LogP contribution in [0.4, 0.5) is 0 Å². The van der Waals surface area contributed by atoms with E-state index >= 15 is 0 Å². The van der Waals surface area contributed by atoms with Crippen molar-refractivity contribution in [1.82, 2.24) is 5.32 Å². The highest BCUT2D eigenvalue weighted by molar-refractivity contribution is 14.1. The summed E-state index contributed by atoms with van der Waals surface area (Å²) in [4.78, 5) is 0. The number of nitrogens with one attached hydrogen (secondary N) is 1. The predicted molar refractivity (Wildman–Crippen MR) is 112 cm³/mol. The van der Waals surface area contributed by atoms with Crippen LogP contribution in [0, 0.1) is 14.9 Å². The summed E-state index contributed by atoms with van der Waals surface area (Å²) in [6, 6.07) is 4.76. The Morgan fingerprint density at radius 2 is 1.96 bits per heavy atom. The maximum Gasteiger partial charge on any atom is 0.0219 e. The van der Waals surface area contributed by atoms with Crippen LogP contribution in [-0.2, 0) is 18.4 Å². The number of rotatable bonds is 0. The molecule has 1 heterocycles. The SMILES string of the molecule is CC12CNCc3c(I)ccc4c3[C@]3(CCC(=CC=C1I)C23)CC4. The van der Waals surface area contributed by atoms with Gasteiger partial charge in [0.25, 0.3) is 0 Å². The van der Waals surface area contributed by atoms with Crippen LogP contribution in [0.25, 0.3) is 0 Å². The maximum absolute atomic E-state index is 3.82. The van der Waals surface area contributed by atoms with E-state index < -0.39 is 0 Å². The molecule has 1 fully saturated rings. The van der Waals surface area contributed by atoms with Crippen molar-refractivity contribution >= 4 is 45.2 Å². The average Bonchev–Trinajstić information content (AvgIpc) is 3.08. The molecule has 4 aliphatic rings. The summed E-state index contributed by atoms with van der Waals surface area (Å²) in [6.07, 6.45) is 10.1. The smallest absolute Gasteiger partial charge is 0.0219 e. The van der Waals surface area contributed by atoms with Gasteiger partial charge in [-0.2, -0.15) is 0 Å². The zero-order chi connectivity index (χ0) is 15.8. The third kappa shape index (κ3) is 1.87. The molecule has 1 aromatic rings. The fraction of sp³-hybridized carbons (Fsp3) is 0.500. The molecule has 120 valence electrons. The Bertz CT molecular complexity index is 778. The van der Waals surface area contributed by atoms with Gasteiger partial charge in [0.1, 0.15) is 0 Å². The van der Waals surface area contributed by atoms with Gasteiger partial charge in [0.2, 0.25) is 0 Å². The van der Waals surface area contributed by atoms with Crippen molar-refractivity contribution in [2.24, 2.45) is 11.3 Å². The summed E-state index contributed by atoms with van der Waals surface area (Å²) >= 11 is 5.16. The molecule has 1 N–H and O–H groups in total. The third-order valence-corrected chi connectivity index (χ3v) is 9.49. The topological polar surface area (TPSA) is 12.0 Å². The predicted octanol–water partition coefficient (Wildman–Crippen LogP) is 5.25. The number of benzene rings is 1. The highest BCUT2D eigenvalue weighted by Gasteiger charge is 2.59. The van der Waals surface area contributed by atoms with Gasteiger partial charge in [-0.25, -0.2) is 0 Å². The molecule has 0 amide bonds. The van der Waals surface area contributed by atoms with Crippen molar-refractivity contribution in [3.05, 3.63) is 53.7 Å². The fourth-order valence-electron chi connectivity index (χ4n) is 6.05. The first kappa shape index (κ1) is 15.4. The van der Waals surface area contributed by atoms with Crippen LogP contribution in [0.1, 0.15) is 42.9 Å². The molecule has 5 rings (SSSR count). The van der Waals surface area contributed by atoms with Gasteiger partial charge in [0.05, 0.1) is 0 Å². The minimum absolute atomic E-state index is 0.266. The Kier molecular flexibility index (Phi) is 3.39. The quantitative estimate of drug-likeness (QED) is 0.453. The minimum atomic E-state index is 0.266. The molecule has 23 heavy (non-hydrogen) atoms. The molecular formula is C20H21I2N. The lowest BCUT2D eigenvalue weighted by Crippen LogP contribution is -2.49. The summed E-state index contributed by atoms with van der Waals surface area (Å²) in [7, 11) is 0. The second-order valence-electron chi connectivity index (χ2n) is 7.93. The second kappa shape index (κ2) is 5.07. The Labute approximate surface area is 165 Å². The monoisotopic (exact) mass is 529 g/mol. The zero-order valence-electron chi connectivity index (χ0n) is 13.4. The van der Waals surface area contributed by atoms with Crippen molar-refractivity contribution in [3.63, 3.8) is 0 Å². The van der Waals surface area contributed by atoms with Gasteiger partial charge < -0.3 is 5.32 Å². The third-order valence-electron chi connectivity index (χ3n) is 6.88. The largest absolute Gasteiger partial charge is 0.312 e. The van der Waals surface area contributed by atoms with Crippen LogP contribution in [0.15, 0.2) is 33.4 Å². The van der Waals surface area contributed by atoms with E-state index in [9.17, 15) is 0 Å². The lowest BCUT2D eigenvalue weighted by Gasteiger charge is -2.49. The molecule has 1 aliphatic heterocycles. The lowest BCUT2D eigenvalue weighted by atomic mass is 9.58. The summed E-state index contributed by atoms with van der Waals surface area (Å²) < 4.78 is 3.00. The van der Waals surface area contributed by atoms with Gasteiger partial charge in [-0.05, 0) is 97.2 Å². The van der Waals surface area contributed by atoms with Crippen molar-refractivity contribution < 1.29 is 0 Å². The standard InChI is InChI=1S/C20H21I2N/c1-19-11-23-10-14-15(21)4-2-12-6-8-20(17(12)14)9-7-13(18(19)20)3-5-16(19)22/h2-5,18,23H,6-11H2,1H3/t18?,19?,20-/m1/s1. The Balaban J connectivity index is 1.82. The minimum Gasteiger partial charge on any atom is -0.312 e. The first-order valence-corrected chi connectivity index (χ1v) is 10.8. The number of halogens is 2. The molecule has 3 heteroatoms. The van der Waals surface area contributed by atoms with E-state index in [4.69, 9.17) is 0 Å². The number of hydrogen-bond acceptors (Lipinski definition) is 1. The highest BCUT2D eigenvalue weighted by Crippen LogP contribution is 2.65. The van der Waals surface area contributed by atoms with Crippen LogP contribution in [-0.4, -0.2) is 6.54 Å². The molecule has 1 spiro atoms. The van der Waals surface area contributed by atoms with E-state index in [0.717, 1.165) is 13.1 Å². The number of aryl methyl sites for hydroxylation is 1. The van der Waals surface area contributed by atoms with Crippen molar-refractivity contribution in [2.75, 3.05) is 6.54 Å². The first-order valence-electron chi connectivity index (χ1n) is 8.64. The van der Waals surface area contributed by atoms with E-state index in [-0.39, 0.29) is 5.41 Å². The molecule has 0 bridgehead atoms. The molecule has 3 atom stereocenters. The van der Waals surface area contributed by atoms with Crippen LogP contribution in [0.5, 0.6) is 0 Å². The fourth-order valence-corrected chi connectivity index (χ4v) is 7.37. The zero-order valence-corrected chi connectivity index (χ0v) is 17.7. The molecule has 0 radical (unpaired) electrons. The molecule has 2 unspecified atom stereocenters. The summed E-state index contributed by atoms with van der Waals surface area (Å²) in [5, 5.41) is 3.82. The lowest BCUT2D eigenvalue weighted by molar-refractivity contribution is 0.173. The molecule has 1 aromatic carbocycles. The number of hydrogen-bond donors (Lipinski definition) is 1. The Morgan fingerprint density at radius 3 is 2.83 bits per heavy atom. The number of allylic oxidation sites excluding steroid dienone is 3. The van der Waals surface area contributed by atoms with Gasteiger partial charge >= 0.3 is 0 Å². The first-order chi connectivity index (χ1) is 11.1. The Hall–Kier alpha value is 0.120. The summed E-state index contributed by atoms with van der Waals surface area (Å²) in [6.45, 7) is 4.65. The van der Waals surface area contributed by atoms with E-state index in [0.29, 0.717) is 11.3 Å². The summed E-state index contributed by atoms with van der Waals surface area (Å²) in [5.41, 5.74) is 7.36. The average molecular weight is 529 g/mol. The normalized spacial score (nSPS) is 37.4. The second-order valence-corrected chi connectivity index (χ2v) is 10.3. The van der Waals surface area contributed by atoms with E-state index in [2.05, 4.69) is 81.7 Å². The Morgan fingerprint density at radius 1 is 1.13 bits per heavy atom. The molecule has 3 aliphatic carbocycles. The highest BCUT2D eigenvalue weighted by atomic mass is 127. The van der Waals surface area contributed by atoms with E-state index in [1.54, 1.807) is 25.8 Å². The van der Waals surface area contributed by atoms with Gasteiger partial charge in [0.15, 0.2) is 0 Å². The molecular weight excluding hydrogens is 508 g/mol. The van der Waals surface area contributed by atoms with Crippen molar-refractivity contribution in [1.29, 1.82) is 0 Å². The van der Waals surface area contributed by atoms with Crippen molar-refractivity contribution in [3.8, 4) is 0 Å². The van der Waals surface area contributed by atoms with Gasteiger partial charge in [-0.1, -0.05) is 30.7 Å². The maximum atomic E-state index is 3.82. The van der Waals surface area contributed by atoms with Gasteiger partial charge in [-0.15, -0.1) is 0 Å². The van der Waals surface area contributed by atoms with Crippen LogP contribution in [0.2, 0.25) is 0 Å². The molecule has 1 saturated carbocycles. The molecule has 0 saturated heterocycles. The van der Waals surface area contributed by atoms with Crippen molar-refractivity contribution in [2.45, 2.75) is 44.6 Å². The van der Waals surface area contributed by atoms with Crippen LogP contribution >= 0.6 is 45.2 Å². The summed E-state index contributed by atoms with van der Waals surface area (Å²) in [5.74, 6) is 0.692. The van der Waals surface area contributed by atoms with Gasteiger partial charge in [-0.3, -0.25) is 0 Å². The van der Waals surface area contributed by atoms with Crippen LogP contribution in [0.3, 0.4) is 0 Å². The molecule has 0 aromatic heterocycles. The van der Waals surface area contributed by atoms with Crippen LogP contribution < -0.4 is 5.32 Å². The van der Waals surface area contributed by atoms with Gasteiger partial charge in [0, 0.05) is 33.4 Å². The van der Waals surface area contributed by atoms with E-state index in [1.165, 1.54) is 29.3 Å².